The number of benzene rings is 2. The van der Waals surface area contributed by atoms with Gasteiger partial charge < -0.3 is 0 Å². The number of rotatable bonds is 6. The van der Waals surface area contributed by atoms with E-state index in [1.165, 1.54) is 4.31 Å². The summed E-state index contributed by atoms with van der Waals surface area (Å²) in [6.45, 7) is 6.64. The minimum Gasteiger partial charge on any atom is -0.207 e. The van der Waals surface area contributed by atoms with Crippen LogP contribution >= 0.6 is 0 Å². The largest absolute Gasteiger partial charge is 0.243 e. The quantitative estimate of drug-likeness (QED) is 0.611. The molecule has 2 aliphatic rings. The van der Waals surface area contributed by atoms with Crippen molar-refractivity contribution >= 4 is 20.0 Å². The summed E-state index contributed by atoms with van der Waals surface area (Å²) in [6.07, 6.45) is 8.07. The lowest BCUT2D eigenvalue weighted by Crippen LogP contribution is -2.28. The highest BCUT2D eigenvalue weighted by Gasteiger charge is 2.35. The SMILES string of the molecule is Cc1ccc(S(=O)(=O)NCC2=C/[C@H](C)C=C[C@@H]3CN(S(=O)(=O)c4ccc(C)cc4)C\C3=C\2)cc1. The molecule has 34 heavy (non-hydrogen) atoms. The lowest BCUT2D eigenvalue weighted by atomic mass is 9.94. The van der Waals surface area contributed by atoms with Gasteiger partial charge in [0.2, 0.25) is 20.0 Å². The monoisotopic (exact) mass is 498 g/mol. The molecular weight excluding hydrogens is 468 g/mol. The number of hydrogen-bond donors (Lipinski definition) is 1. The van der Waals surface area contributed by atoms with Gasteiger partial charge in [0, 0.05) is 25.6 Å². The van der Waals surface area contributed by atoms with Gasteiger partial charge in [0.1, 0.15) is 0 Å². The molecule has 0 saturated carbocycles. The molecule has 180 valence electrons. The van der Waals surface area contributed by atoms with E-state index in [0.29, 0.717) is 6.54 Å². The van der Waals surface area contributed by atoms with Crippen molar-refractivity contribution in [2.45, 2.75) is 30.6 Å². The Morgan fingerprint density at radius 2 is 1.47 bits per heavy atom. The molecule has 0 unspecified atom stereocenters. The molecule has 0 bridgehead atoms. The van der Waals surface area contributed by atoms with Crippen molar-refractivity contribution in [3.05, 3.63) is 95.1 Å². The molecule has 1 saturated heterocycles. The van der Waals surface area contributed by atoms with Gasteiger partial charge in [-0.15, -0.1) is 0 Å². The van der Waals surface area contributed by atoms with Crippen molar-refractivity contribution in [3.8, 4) is 0 Å². The van der Waals surface area contributed by atoms with E-state index in [4.69, 9.17) is 0 Å². The number of sulfonamides is 2. The second kappa shape index (κ2) is 9.62. The van der Waals surface area contributed by atoms with Crippen molar-refractivity contribution in [1.29, 1.82) is 0 Å². The number of nitrogens with zero attached hydrogens (tertiary/aromatic N) is 1. The topological polar surface area (TPSA) is 83.6 Å². The van der Waals surface area contributed by atoms with Gasteiger partial charge in [0.05, 0.1) is 9.79 Å². The van der Waals surface area contributed by atoms with Gasteiger partial charge in [-0.2, -0.15) is 4.31 Å². The fraction of sp³-hybridized carbons (Fsp3) is 0.308. The maximum Gasteiger partial charge on any atom is 0.243 e. The van der Waals surface area contributed by atoms with Gasteiger partial charge in [0.15, 0.2) is 0 Å². The summed E-state index contributed by atoms with van der Waals surface area (Å²) in [6, 6.07) is 13.6. The first kappa shape index (κ1) is 24.6. The molecule has 0 radical (unpaired) electrons. The maximum absolute atomic E-state index is 13.2. The van der Waals surface area contributed by atoms with Crippen molar-refractivity contribution in [1.82, 2.24) is 9.03 Å². The molecule has 4 rings (SSSR count). The second-order valence-electron chi connectivity index (χ2n) is 9.06. The number of allylic oxidation sites excluding steroid dienone is 2. The van der Waals surface area contributed by atoms with Crippen LogP contribution < -0.4 is 4.72 Å². The second-order valence-corrected chi connectivity index (χ2v) is 12.8. The predicted octanol–water partition coefficient (Wildman–Crippen LogP) is 3.96. The summed E-state index contributed by atoms with van der Waals surface area (Å²) in [4.78, 5) is 0.506. The highest BCUT2D eigenvalue weighted by Crippen LogP contribution is 2.32. The Hall–Kier alpha value is -2.52. The normalized spacial score (nSPS) is 24.4. The smallest absolute Gasteiger partial charge is 0.207 e. The highest BCUT2D eigenvalue weighted by molar-refractivity contribution is 7.89. The molecule has 1 fully saturated rings. The van der Waals surface area contributed by atoms with E-state index in [1.54, 1.807) is 48.5 Å². The van der Waals surface area contributed by atoms with Crippen LogP contribution in [-0.4, -0.2) is 40.8 Å². The Morgan fingerprint density at radius 1 is 0.882 bits per heavy atom. The van der Waals surface area contributed by atoms with Crippen LogP contribution in [0.3, 0.4) is 0 Å². The van der Waals surface area contributed by atoms with Crippen LogP contribution in [-0.2, 0) is 20.0 Å². The Kier molecular flexibility index (Phi) is 6.96. The molecule has 0 spiro atoms. The first-order valence-electron chi connectivity index (χ1n) is 11.3. The zero-order chi connectivity index (χ0) is 24.5. The van der Waals surface area contributed by atoms with Crippen LogP contribution in [0.2, 0.25) is 0 Å². The average Bonchev–Trinajstić information content (AvgIpc) is 3.18. The first-order valence-corrected chi connectivity index (χ1v) is 14.2. The lowest BCUT2D eigenvalue weighted by molar-refractivity contribution is 0.471. The zero-order valence-corrected chi connectivity index (χ0v) is 21.2. The number of hydrogen-bond acceptors (Lipinski definition) is 4. The Bertz CT molecular complexity index is 1350. The highest BCUT2D eigenvalue weighted by atomic mass is 32.2. The Labute approximate surface area is 202 Å². The fourth-order valence-electron chi connectivity index (χ4n) is 4.18. The van der Waals surface area contributed by atoms with E-state index in [-0.39, 0.29) is 34.7 Å². The van der Waals surface area contributed by atoms with Gasteiger partial charge in [-0.1, -0.05) is 66.6 Å². The molecular formula is C26H30N2O4S2. The summed E-state index contributed by atoms with van der Waals surface area (Å²) >= 11 is 0. The van der Waals surface area contributed by atoms with E-state index in [9.17, 15) is 16.8 Å². The van der Waals surface area contributed by atoms with Gasteiger partial charge >= 0.3 is 0 Å². The van der Waals surface area contributed by atoms with Gasteiger partial charge in [-0.25, -0.2) is 21.6 Å². The minimum atomic E-state index is -3.66. The molecule has 0 aromatic heterocycles. The van der Waals surface area contributed by atoms with E-state index >= 15 is 0 Å². The standard InChI is InChI=1S/C26H30N2O4S2/c1-19-5-10-25(11-6-19)33(29,30)27-16-22-14-21(3)4-9-23-17-28(18-24(23)15-22)34(31,32)26-12-7-20(2)8-13-26/h4-15,21,23,27H,16-18H2,1-3H3/b9-4?,22-14+,24-15-/t21-,23-/m1/s1. The molecule has 2 aromatic carbocycles. The Balaban J connectivity index is 1.55. The molecule has 6 nitrogen and oxygen atoms in total. The average molecular weight is 499 g/mol. The van der Waals surface area contributed by atoms with Crippen molar-refractivity contribution in [2.24, 2.45) is 11.8 Å². The maximum atomic E-state index is 13.2. The molecule has 8 heteroatoms. The van der Waals surface area contributed by atoms with Crippen molar-refractivity contribution in [2.75, 3.05) is 19.6 Å². The lowest BCUT2D eigenvalue weighted by Gasteiger charge is -2.15. The molecule has 1 N–H and O–H groups in total. The molecule has 1 heterocycles. The van der Waals surface area contributed by atoms with E-state index in [2.05, 4.69) is 10.8 Å². The van der Waals surface area contributed by atoms with Gasteiger partial charge in [0.25, 0.3) is 0 Å². The van der Waals surface area contributed by atoms with E-state index in [0.717, 1.165) is 22.3 Å². The molecule has 2 atom stereocenters. The third kappa shape index (κ3) is 5.41. The number of aryl methyl sites for hydroxylation is 2. The number of nitrogens with one attached hydrogen (secondary N) is 1. The third-order valence-corrected chi connectivity index (χ3v) is 9.43. The van der Waals surface area contributed by atoms with Crippen LogP contribution in [0.5, 0.6) is 0 Å². The summed E-state index contributed by atoms with van der Waals surface area (Å²) in [5, 5.41) is 0. The van der Waals surface area contributed by atoms with E-state index in [1.807, 2.05) is 39.0 Å². The van der Waals surface area contributed by atoms with E-state index < -0.39 is 20.0 Å². The van der Waals surface area contributed by atoms with Gasteiger partial charge in [-0.05, 0) is 55.2 Å². The summed E-state index contributed by atoms with van der Waals surface area (Å²) in [5.41, 5.74) is 3.77. The summed E-state index contributed by atoms with van der Waals surface area (Å²) < 4.78 is 56.1. The predicted molar refractivity (Wildman–Crippen MR) is 134 cm³/mol. The van der Waals surface area contributed by atoms with Crippen LogP contribution in [0.15, 0.2) is 93.8 Å². The van der Waals surface area contributed by atoms with Crippen LogP contribution in [0.25, 0.3) is 0 Å². The van der Waals surface area contributed by atoms with Crippen molar-refractivity contribution < 1.29 is 16.8 Å². The van der Waals surface area contributed by atoms with Crippen molar-refractivity contribution in [3.63, 3.8) is 0 Å². The Morgan fingerprint density at radius 3 is 2.09 bits per heavy atom. The minimum absolute atomic E-state index is 0.0416. The number of fused-ring (bicyclic) bond motifs is 1. The summed E-state index contributed by atoms with van der Waals surface area (Å²) in [7, 11) is -7.27. The molecule has 0 amide bonds. The van der Waals surface area contributed by atoms with Crippen LogP contribution in [0.1, 0.15) is 18.1 Å². The summed E-state index contributed by atoms with van der Waals surface area (Å²) in [5.74, 6) is 0.0551. The zero-order valence-electron chi connectivity index (χ0n) is 19.6. The van der Waals surface area contributed by atoms with Crippen LogP contribution in [0.4, 0.5) is 0 Å². The molecule has 1 aliphatic heterocycles. The first-order chi connectivity index (χ1) is 16.0. The fourth-order valence-corrected chi connectivity index (χ4v) is 6.65. The molecule has 2 aromatic rings. The van der Waals surface area contributed by atoms with Gasteiger partial charge in [-0.3, -0.25) is 0 Å². The third-order valence-electron chi connectivity index (χ3n) is 6.19. The molecule has 1 aliphatic carbocycles. The van der Waals surface area contributed by atoms with Crippen LogP contribution in [0, 0.1) is 25.7 Å².